The van der Waals surface area contributed by atoms with Crippen LogP contribution in [0.25, 0.3) is 0 Å². The highest BCUT2D eigenvalue weighted by Crippen LogP contribution is 2.47. The number of likely N-dealkylation sites (N-methyl/N-ethyl adjacent to an activating group) is 1. The molecule has 0 saturated heterocycles. The summed E-state index contributed by atoms with van der Waals surface area (Å²) in [4.78, 5) is 26.0. The van der Waals surface area contributed by atoms with Crippen molar-refractivity contribution in [3.8, 4) is 0 Å². The van der Waals surface area contributed by atoms with E-state index in [4.69, 9.17) is 0 Å². The Morgan fingerprint density at radius 1 is 1.24 bits per heavy atom. The van der Waals surface area contributed by atoms with Gasteiger partial charge < -0.3 is 15.3 Å². The fourth-order valence-electron chi connectivity index (χ4n) is 3.28. The lowest BCUT2D eigenvalue weighted by atomic mass is 9.81. The summed E-state index contributed by atoms with van der Waals surface area (Å²) in [7, 11) is 1.49. The number of amides is 2. The lowest BCUT2D eigenvalue weighted by molar-refractivity contribution is -0.135. The molecule has 3 rings (SSSR count). The van der Waals surface area contributed by atoms with Gasteiger partial charge in [0, 0.05) is 30.8 Å². The van der Waals surface area contributed by atoms with Gasteiger partial charge in [-0.25, -0.2) is 8.78 Å². The molecule has 0 saturated carbocycles. The van der Waals surface area contributed by atoms with Gasteiger partial charge in [0.1, 0.15) is 17.7 Å². The molecule has 1 aliphatic rings. The molecule has 2 aromatic carbocycles. The zero-order valence-corrected chi connectivity index (χ0v) is 13.6. The first-order valence-electron chi connectivity index (χ1n) is 7.58. The lowest BCUT2D eigenvalue weighted by Gasteiger charge is -2.34. The van der Waals surface area contributed by atoms with Crippen LogP contribution in [0.2, 0.25) is 0 Å². The van der Waals surface area contributed by atoms with E-state index in [9.17, 15) is 23.5 Å². The minimum absolute atomic E-state index is 0.314. The summed E-state index contributed by atoms with van der Waals surface area (Å²) in [5.74, 6) is -2.87. The number of nitrogens with one attached hydrogen (secondary N) is 1. The second kappa shape index (κ2) is 5.93. The van der Waals surface area contributed by atoms with Crippen molar-refractivity contribution in [2.45, 2.75) is 18.6 Å². The normalized spacial score (nSPS) is 20.4. The van der Waals surface area contributed by atoms with Crippen LogP contribution in [0.5, 0.6) is 0 Å². The molecule has 0 aromatic heterocycles. The van der Waals surface area contributed by atoms with E-state index >= 15 is 0 Å². The topological polar surface area (TPSA) is 69.6 Å². The van der Waals surface area contributed by atoms with Gasteiger partial charge in [0.15, 0.2) is 5.54 Å². The Kier molecular flexibility index (Phi) is 4.04. The number of carbonyl (C=O) groups excluding carboxylic acids is 2. The van der Waals surface area contributed by atoms with Crippen molar-refractivity contribution in [3.63, 3.8) is 0 Å². The van der Waals surface area contributed by atoms with Crippen LogP contribution in [0.1, 0.15) is 24.2 Å². The molecule has 130 valence electrons. The summed E-state index contributed by atoms with van der Waals surface area (Å²) < 4.78 is 27.8. The predicted octanol–water partition coefficient (Wildman–Crippen LogP) is 2.01. The molecule has 5 nitrogen and oxygen atoms in total. The highest BCUT2D eigenvalue weighted by atomic mass is 19.1. The average molecular weight is 346 g/mol. The summed E-state index contributed by atoms with van der Waals surface area (Å²) in [6.45, 7) is 1.19. The second-order valence-electron chi connectivity index (χ2n) is 5.94. The molecular weight excluding hydrogens is 330 g/mol. The quantitative estimate of drug-likeness (QED) is 0.893. The molecule has 2 N–H and O–H groups in total. The first-order valence-corrected chi connectivity index (χ1v) is 7.58. The Morgan fingerprint density at radius 2 is 1.92 bits per heavy atom. The number of halogens is 2. The summed E-state index contributed by atoms with van der Waals surface area (Å²) in [6, 6.07) is 9.13. The third-order valence-electron chi connectivity index (χ3n) is 4.37. The largest absolute Gasteiger partial charge is 0.385 e. The standard InChI is InChI=1S/C18H16F2N2O3/c1-10(23)21-18(16(24)12-9-11(19)7-8-14(12)20)13-5-3-4-6-15(13)22(2)17(18)25/h3-9,16,24H,1-2H3,(H,21,23). The van der Waals surface area contributed by atoms with Crippen LogP contribution in [0, 0.1) is 11.6 Å². The molecule has 2 amide bonds. The van der Waals surface area contributed by atoms with Crippen molar-refractivity contribution in [1.82, 2.24) is 5.32 Å². The van der Waals surface area contributed by atoms with Gasteiger partial charge in [0.05, 0.1) is 0 Å². The number of anilines is 1. The van der Waals surface area contributed by atoms with E-state index in [-0.39, 0.29) is 0 Å². The van der Waals surface area contributed by atoms with Crippen LogP contribution in [0.15, 0.2) is 42.5 Å². The van der Waals surface area contributed by atoms with E-state index in [1.807, 2.05) is 0 Å². The van der Waals surface area contributed by atoms with Gasteiger partial charge in [-0.15, -0.1) is 0 Å². The lowest BCUT2D eigenvalue weighted by Crippen LogP contribution is -2.55. The maximum Gasteiger partial charge on any atom is 0.260 e. The number of hydrogen-bond donors (Lipinski definition) is 2. The third kappa shape index (κ3) is 2.47. The third-order valence-corrected chi connectivity index (χ3v) is 4.37. The van der Waals surface area contributed by atoms with Crippen LogP contribution in [0.3, 0.4) is 0 Å². The zero-order chi connectivity index (χ0) is 18.4. The van der Waals surface area contributed by atoms with Crippen LogP contribution in [-0.2, 0) is 15.1 Å². The fourth-order valence-corrected chi connectivity index (χ4v) is 3.28. The average Bonchev–Trinajstić information content (AvgIpc) is 2.79. The van der Waals surface area contributed by atoms with Crippen molar-refractivity contribution in [1.29, 1.82) is 0 Å². The zero-order valence-electron chi connectivity index (χ0n) is 13.6. The van der Waals surface area contributed by atoms with Gasteiger partial charge in [-0.3, -0.25) is 9.59 Å². The first kappa shape index (κ1) is 17.0. The predicted molar refractivity (Wildman–Crippen MR) is 86.7 cm³/mol. The monoisotopic (exact) mass is 346 g/mol. The summed E-state index contributed by atoms with van der Waals surface area (Å²) >= 11 is 0. The first-order chi connectivity index (χ1) is 11.8. The van der Waals surface area contributed by atoms with Crippen molar-refractivity contribution < 1.29 is 23.5 Å². The highest BCUT2D eigenvalue weighted by molar-refractivity contribution is 6.09. The molecule has 7 heteroatoms. The maximum absolute atomic E-state index is 14.2. The number of aliphatic hydroxyl groups excluding tert-OH is 1. The van der Waals surface area contributed by atoms with Crippen LogP contribution < -0.4 is 10.2 Å². The van der Waals surface area contributed by atoms with E-state index in [0.717, 1.165) is 18.2 Å². The fraction of sp³-hybridized carbons (Fsp3) is 0.222. The number of nitrogens with zero attached hydrogens (tertiary/aromatic N) is 1. The molecular formula is C18H16F2N2O3. The van der Waals surface area contributed by atoms with E-state index in [1.165, 1.54) is 18.9 Å². The molecule has 1 aliphatic heterocycles. The molecule has 2 aromatic rings. The van der Waals surface area contributed by atoms with Crippen molar-refractivity contribution in [3.05, 3.63) is 65.2 Å². The molecule has 2 unspecified atom stereocenters. The maximum atomic E-state index is 14.2. The van der Waals surface area contributed by atoms with Gasteiger partial charge >= 0.3 is 0 Å². The van der Waals surface area contributed by atoms with Crippen molar-refractivity contribution in [2.75, 3.05) is 11.9 Å². The molecule has 0 radical (unpaired) electrons. The van der Waals surface area contributed by atoms with E-state index < -0.39 is 40.7 Å². The van der Waals surface area contributed by atoms with Crippen LogP contribution in [0.4, 0.5) is 14.5 Å². The van der Waals surface area contributed by atoms with Gasteiger partial charge in [-0.05, 0) is 24.3 Å². The molecule has 2 atom stereocenters. The van der Waals surface area contributed by atoms with E-state index in [0.29, 0.717) is 11.3 Å². The molecule has 0 bridgehead atoms. The van der Waals surface area contributed by atoms with Crippen LogP contribution in [-0.4, -0.2) is 24.0 Å². The van der Waals surface area contributed by atoms with Gasteiger partial charge in [-0.2, -0.15) is 0 Å². The number of fused-ring (bicyclic) bond motifs is 1. The Hall–Kier alpha value is -2.80. The SMILES string of the molecule is CC(=O)NC1(C(O)c2cc(F)ccc2F)C(=O)N(C)c2ccccc21. The minimum atomic E-state index is -1.94. The van der Waals surface area contributed by atoms with Crippen molar-refractivity contribution >= 4 is 17.5 Å². The van der Waals surface area contributed by atoms with Gasteiger partial charge in [0.2, 0.25) is 5.91 Å². The van der Waals surface area contributed by atoms with Gasteiger partial charge in [-0.1, -0.05) is 18.2 Å². The van der Waals surface area contributed by atoms with Crippen LogP contribution >= 0.6 is 0 Å². The Morgan fingerprint density at radius 3 is 2.60 bits per heavy atom. The molecule has 25 heavy (non-hydrogen) atoms. The van der Waals surface area contributed by atoms with Gasteiger partial charge in [0.25, 0.3) is 5.91 Å². The summed E-state index contributed by atoms with van der Waals surface area (Å²) in [6.07, 6.45) is -1.81. The summed E-state index contributed by atoms with van der Waals surface area (Å²) in [5, 5.41) is 13.4. The summed E-state index contributed by atoms with van der Waals surface area (Å²) in [5.41, 5.74) is -1.57. The Balaban J connectivity index is 2.26. The number of benzene rings is 2. The number of para-hydroxylation sites is 1. The van der Waals surface area contributed by atoms with E-state index in [2.05, 4.69) is 5.32 Å². The smallest absolute Gasteiger partial charge is 0.260 e. The Labute approximate surface area is 142 Å². The molecule has 0 spiro atoms. The number of hydrogen-bond acceptors (Lipinski definition) is 3. The second-order valence-corrected chi connectivity index (χ2v) is 5.94. The van der Waals surface area contributed by atoms with Crippen molar-refractivity contribution in [2.24, 2.45) is 0 Å². The number of carbonyl (C=O) groups is 2. The minimum Gasteiger partial charge on any atom is -0.385 e. The Bertz CT molecular complexity index is 871. The molecule has 0 aliphatic carbocycles. The number of rotatable bonds is 3. The highest BCUT2D eigenvalue weighted by Gasteiger charge is 2.56. The molecule has 1 heterocycles. The molecule has 0 fully saturated rings. The van der Waals surface area contributed by atoms with E-state index in [1.54, 1.807) is 24.3 Å². The number of aliphatic hydroxyl groups is 1.